The highest BCUT2D eigenvalue weighted by atomic mass is 19.1. The van der Waals surface area contributed by atoms with Gasteiger partial charge in [0.05, 0.1) is 0 Å². The minimum absolute atomic E-state index is 0.0135. The van der Waals surface area contributed by atoms with Gasteiger partial charge in [0, 0.05) is 31.1 Å². The van der Waals surface area contributed by atoms with Gasteiger partial charge in [-0.25, -0.2) is 4.39 Å². The Morgan fingerprint density at radius 3 is 3.06 bits per heavy atom. The second-order valence-electron chi connectivity index (χ2n) is 4.28. The number of nitrogens with one attached hydrogen (secondary N) is 1. The Hall–Kier alpha value is -1.83. The number of nitriles is 1. The maximum atomic E-state index is 12.8. The number of carbonyl (C=O) groups excluding carboxylic acids is 1. The van der Waals surface area contributed by atoms with Gasteiger partial charge in [-0.1, -0.05) is 12.2 Å². The normalized spacial score (nSPS) is 27.5. The molecule has 0 radical (unpaired) electrons. The molecule has 2 rings (SSSR count). The number of hydrogen-bond acceptors (Lipinski definition) is 3. The Bertz CT molecular complexity index is 410. The molecule has 2 atom stereocenters. The monoisotopic (exact) mass is 235 g/mol. The smallest absolute Gasteiger partial charge is 0.251 e. The third-order valence-corrected chi connectivity index (χ3v) is 2.97. The van der Waals surface area contributed by atoms with Crippen molar-refractivity contribution in [3.63, 3.8) is 0 Å². The van der Waals surface area contributed by atoms with Crippen LogP contribution >= 0.6 is 0 Å². The molecule has 0 aromatic heterocycles. The standard InChI is InChI=1S/C12H14FN3O/c13-10-3-1-9(2-4-10)12(17)15-11-5-6-16(7-11)8-14/h1-3,10-11H,4-7H2,(H,15,17)/t10?,11-/m1/s1. The van der Waals surface area contributed by atoms with E-state index in [2.05, 4.69) is 11.5 Å². The number of alkyl halides is 1. The summed E-state index contributed by atoms with van der Waals surface area (Å²) in [5.74, 6) is -0.182. The predicted molar refractivity (Wildman–Crippen MR) is 60.5 cm³/mol. The zero-order valence-electron chi connectivity index (χ0n) is 9.40. The highest BCUT2D eigenvalue weighted by Crippen LogP contribution is 2.14. The van der Waals surface area contributed by atoms with Crippen LogP contribution in [0.3, 0.4) is 0 Å². The number of hydrogen-bond donors (Lipinski definition) is 1. The first kappa shape index (κ1) is 11.6. The van der Waals surface area contributed by atoms with Gasteiger partial charge in [-0.05, 0) is 12.5 Å². The fraction of sp³-hybridized carbons (Fsp3) is 0.500. The van der Waals surface area contributed by atoms with Crippen molar-refractivity contribution < 1.29 is 9.18 Å². The second kappa shape index (κ2) is 5.00. The molecule has 2 aliphatic rings. The van der Waals surface area contributed by atoms with Gasteiger partial charge >= 0.3 is 0 Å². The quantitative estimate of drug-likeness (QED) is 0.723. The topological polar surface area (TPSA) is 56.1 Å². The molecule has 4 nitrogen and oxygen atoms in total. The van der Waals surface area contributed by atoms with Gasteiger partial charge in [-0.3, -0.25) is 4.79 Å². The first-order valence-corrected chi connectivity index (χ1v) is 5.67. The first-order chi connectivity index (χ1) is 8.19. The molecule has 0 saturated carbocycles. The van der Waals surface area contributed by atoms with Crippen LogP contribution in [0.15, 0.2) is 23.8 Å². The van der Waals surface area contributed by atoms with E-state index in [9.17, 15) is 9.18 Å². The number of allylic oxidation sites excluding steroid dienone is 2. The van der Waals surface area contributed by atoms with E-state index in [1.54, 1.807) is 11.0 Å². The molecule has 1 fully saturated rings. The fourth-order valence-electron chi connectivity index (χ4n) is 2.00. The Kier molecular flexibility index (Phi) is 3.43. The summed E-state index contributed by atoms with van der Waals surface area (Å²) in [7, 11) is 0. The van der Waals surface area contributed by atoms with Crippen LogP contribution in [0.25, 0.3) is 0 Å². The van der Waals surface area contributed by atoms with Crippen LogP contribution in [-0.4, -0.2) is 36.1 Å². The number of nitrogens with zero attached hydrogens (tertiary/aromatic N) is 2. The third kappa shape index (κ3) is 2.84. The largest absolute Gasteiger partial charge is 0.347 e. The van der Waals surface area contributed by atoms with Crippen molar-refractivity contribution in [3.8, 4) is 6.19 Å². The van der Waals surface area contributed by atoms with E-state index in [0.29, 0.717) is 18.7 Å². The fourth-order valence-corrected chi connectivity index (χ4v) is 2.00. The molecule has 17 heavy (non-hydrogen) atoms. The van der Waals surface area contributed by atoms with Gasteiger partial charge in [0.15, 0.2) is 6.19 Å². The summed E-state index contributed by atoms with van der Waals surface area (Å²) < 4.78 is 12.8. The van der Waals surface area contributed by atoms with Gasteiger partial charge < -0.3 is 10.2 Å². The van der Waals surface area contributed by atoms with Crippen molar-refractivity contribution in [2.45, 2.75) is 25.1 Å². The van der Waals surface area contributed by atoms with Gasteiger partial charge in [0.25, 0.3) is 5.91 Å². The van der Waals surface area contributed by atoms with Gasteiger partial charge in [-0.2, -0.15) is 5.26 Å². The Morgan fingerprint density at radius 2 is 2.47 bits per heavy atom. The molecule has 1 amide bonds. The number of carbonyl (C=O) groups is 1. The molecule has 5 heteroatoms. The van der Waals surface area contributed by atoms with E-state index in [1.165, 1.54) is 12.2 Å². The van der Waals surface area contributed by atoms with Gasteiger partial charge in [0.1, 0.15) is 6.17 Å². The van der Waals surface area contributed by atoms with Crippen LogP contribution in [0, 0.1) is 11.5 Å². The molecular weight excluding hydrogens is 221 g/mol. The molecule has 0 aromatic carbocycles. The van der Waals surface area contributed by atoms with Crippen LogP contribution in [0.4, 0.5) is 4.39 Å². The molecule has 90 valence electrons. The van der Waals surface area contributed by atoms with E-state index >= 15 is 0 Å². The number of amides is 1. The summed E-state index contributed by atoms with van der Waals surface area (Å²) >= 11 is 0. The van der Waals surface area contributed by atoms with E-state index in [0.717, 1.165) is 6.42 Å². The van der Waals surface area contributed by atoms with Crippen molar-refractivity contribution in [1.29, 1.82) is 5.26 Å². The lowest BCUT2D eigenvalue weighted by Crippen LogP contribution is -2.37. The summed E-state index contributed by atoms with van der Waals surface area (Å²) in [5, 5.41) is 11.5. The SMILES string of the molecule is N#CN1CC[C@@H](NC(=O)C2=CCC(F)C=C2)C1. The summed E-state index contributed by atoms with van der Waals surface area (Å²) in [4.78, 5) is 13.4. The molecule has 1 N–H and O–H groups in total. The minimum Gasteiger partial charge on any atom is -0.347 e. The van der Waals surface area contributed by atoms with Crippen LogP contribution in [0.1, 0.15) is 12.8 Å². The lowest BCUT2D eigenvalue weighted by atomic mass is 10.0. The molecular formula is C12H14FN3O. The molecule has 1 aliphatic carbocycles. The number of likely N-dealkylation sites (tertiary alicyclic amines) is 1. The molecule has 0 bridgehead atoms. The summed E-state index contributed by atoms with van der Waals surface area (Å²) in [6.07, 6.45) is 6.63. The van der Waals surface area contributed by atoms with Crippen molar-refractivity contribution >= 4 is 5.91 Å². The van der Waals surface area contributed by atoms with Crippen LogP contribution in [0.5, 0.6) is 0 Å². The average molecular weight is 235 g/mol. The number of halogens is 1. The Labute approximate surface area is 99.4 Å². The zero-order chi connectivity index (χ0) is 12.3. The van der Waals surface area contributed by atoms with Gasteiger partial charge in [0.2, 0.25) is 0 Å². The lowest BCUT2D eigenvalue weighted by Gasteiger charge is -2.14. The lowest BCUT2D eigenvalue weighted by molar-refractivity contribution is -0.117. The molecule has 1 saturated heterocycles. The van der Waals surface area contributed by atoms with Crippen molar-refractivity contribution in [2.75, 3.05) is 13.1 Å². The van der Waals surface area contributed by atoms with Crippen LogP contribution in [0.2, 0.25) is 0 Å². The van der Waals surface area contributed by atoms with E-state index in [4.69, 9.17) is 5.26 Å². The second-order valence-corrected chi connectivity index (χ2v) is 4.28. The average Bonchev–Trinajstić information content (AvgIpc) is 2.77. The molecule has 0 spiro atoms. The maximum absolute atomic E-state index is 12.8. The molecule has 1 heterocycles. The van der Waals surface area contributed by atoms with Crippen molar-refractivity contribution in [3.05, 3.63) is 23.8 Å². The third-order valence-electron chi connectivity index (χ3n) is 2.97. The minimum atomic E-state index is -0.980. The highest BCUT2D eigenvalue weighted by Gasteiger charge is 2.24. The summed E-state index contributed by atoms with van der Waals surface area (Å²) in [6.45, 7) is 1.24. The van der Waals surface area contributed by atoms with Crippen LogP contribution < -0.4 is 5.32 Å². The Morgan fingerprint density at radius 1 is 1.65 bits per heavy atom. The summed E-state index contributed by atoms with van der Waals surface area (Å²) in [5.41, 5.74) is 0.509. The van der Waals surface area contributed by atoms with Crippen LogP contribution in [-0.2, 0) is 4.79 Å². The first-order valence-electron chi connectivity index (χ1n) is 5.67. The number of rotatable bonds is 2. The molecule has 1 unspecified atom stereocenters. The zero-order valence-corrected chi connectivity index (χ0v) is 9.40. The highest BCUT2D eigenvalue weighted by molar-refractivity contribution is 5.96. The van der Waals surface area contributed by atoms with Gasteiger partial charge in [-0.15, -0.1) is 0 Å². The van der Waals surface area contributed by atoms with Crippen molar-refractivity contribution in [1.82, 2.24) is 10.2 Å². The Balaban J connectivity index is 1.87. The van der Waals surface area contributed by atoms with E-state index in [-0.39, 0.29) is 18.4 Å². The molecule has 0 aromatic rings. The predicted octanol–water partition coefficient (Wildman–Crippen LogP) is 0.882. The van der Waals surface area contributed by atoms with Crippen molar-refractivity contribution in [2.24, 2.45) is 0 Å². The maximum Gasteiger partial charge on any atom is 0.251 e. The molecule has 1 aliphatic heterocycles. The van der Waals surface area contributed by atoms with E-state index in [1.807, 2.05) is 0 Å². The van der Waals surface area contributed by atoms with E-state index < -0.39 is 6.17 Å². The summed E-state index contributed by atoms with van der Waals surface area (Å²) in [6, 6.07) is 0.0135.